The van der Waals surface area contributed by atoms with E-state index < -0.39 is 11.7 Å². The number of benzene rings is 1. The Bertz CT molecular complexity index is 364. The molecule has 0 aromatic heterocycles. The summed E-state index contributed by atoms with van der Waals surface area (Å²) in [5, 5.41) is 0. The molecule has 0 saturated heterocycles. The van der Waals surface area contributed by atoms with Crippen molar-refractivity contribution < 1.29 is 13.2 Å². The summed E-state index contributed by atoms with van der Waals surface area (Å²) < 4.78 is 37.3. The first kappa shape index (κ1) is 12.5. The van der Waals surface area contributed by atoms with Gasteiger partial charge in [0.15, 0.2) is 0 Å². The van der Waals surface area contributed by atoms with Crippen LogP contribution < -0.4 is 0 Å². The molecule has 1 fully saturated rings. The van der Waals surface area contributed by atoms with Gasteiger partial charge in [-0.05, 0) is 36.0 Å². The number of rotatable bonds is 1. The minimum absolute atomic E-state index is 0.436. The van der Waals surface area contributed by atoms with Crippen LogP contribution in [0.2, 0.25) is 0 Å². The third kappa shape index (κ3) is 2.82. The Hall–Kier alpha value is -0.990. The van der Waals surface area contributed by atoms with Crippen LogP contribution in [-0.4, -0.2) is 0 Å². The van der Waals surface area contributed by atoms with Crippen molar-refractivity contribution in [3.63, 3.8) is 0 Å². The summed E-state index contributed by atoms with van der Waals surface area (Å²) >= 11 is 0. The Morgan fingerprint density at radius 2 is 1.59 bits per heavy atom. The molecule has 1 unspecified atom stereocenters. The summed E-state index contributed by atoms with van der Waals surface area (Å²) in [7, 11) is 0. The first-order valence-electron chi connectivity index (χ1n) is 6.15. The first-order valence-corrected chi connectivity index (χ1v) is 6.15. The molecule has 2 rings (SSSR count). The normalized spacial score (nSPS) is 25.9. The molecule has 0 spiro atoms. The lowest BCUT2D eigenvalue weighted by Crippen LogP contribution is -2.15. The van der Waals surface area contributed by atoms with Crippen molar-refractivity contribution in [2.24, 2.45) is 5.92 Å². The molecule has 1 saturated carbocycles. The second-order valence-electron chi connectivity index (χ2n) is 4.99. The van der Waals surface area contributed by atoms with Gasteiger partial charge in [-0.2, -0.15) is 13.2 Å². The molecule has 0 amide bonds. The van der Waals surface area contributed by atoms with E-state index >= 15 is 0 Å². The third-order valence-corrected chi connectivity index (χ3v) is 3.78. The molecule has 1 aromatic rings. The highest BCUT2D eigenvalue weighted by molar-refractivity contribution is 5.27. The Morgan fingerprint density at radius 3 is 2.12 bits per heavy atom. The molecule has 0 N–H and O–H groups in total. The van der Waals surface area contributed by atoms with E-state index in [2.05, 4.69) is 6.92 Å². The van der Waals surface area contributed by atoms with Gasteiger partial charge in [0.25, 0.3) is 0 Å². The van der Waals surface area contributed by atoms with Crippen LogP contribution in [0.1, 0.15) is 49.7 Å². The molecular weight excluding hydrogens is 225 g/mol. The lowest BCUT2D eigenvalue weighted by atomic mass is 9.76. The van der Waals surface area contributed by atoms with E-state index in [9.17, 15) is 13.2 Å². The maximum atomic E-state index is 12.4. The van der Waals surface area contributed by atoms with Gasteiger partial charge in [-0.25, -0.2) is 0 Å². The maximum absolute atomic E-state index is 12.4. The Balaban J connectivity index is 2.17. The molecule has 3 heteroatoms. The molecule has 1 aliphatic carbocycles. The van der Waals surface area contributed by atoms with E-state index in [1.165, 1.54) is 31.4 Å². The fourth-order valence-electron chi connectivity index (χ4n) is 2.73. The van der Waals surface area contributed by atoms with E-state index in [-0.39, 0.29) is 0 Å². The molecule has 94 valence electrons. The summed E-state index contributed by atoms with van der Waals surface area (Å²) in [6.07, 6.45) is 0.503. The number of hydrogen-bond acceptors (Lipinski definition) is 0. The van der Waals surface area contributed by atoms with Crippen molar-refractivity contribution in [1.82, 2.24) is 0 Å². The molecule has 0 heterocycles. The number of hydrogen-bond donors (Lipinski definition) is 0. The Morgan fingerprint density at radius 1 is 1.00 bits per heavy atom. The van der Waals surface area contributed by atoms with Gasteiger partial charge in [-0.15, -0.1) is 0 Å². The molecule has 1 aromatic carbocycles. The number of halogens is 3. The molecule has 2 atom stereocenters. The van der Waals surface area contributed by atoms with Gasteiger partial charge >= 0.3 is 6.18 Å². The van der Waals surface area contributed by atoms with Gasteiger partial charge in [0.05, 0.1) is 5.56 Å². The average Bonchev–Trinajstić information content (AvgIpc) is 2.29. The van der Waals surface area contributed by atoms with E-state index in [1.807, 2.05) is 0 Å². The molecule has 0 radical (unpaired) electrons. The summed E-state index contributed by atoms with van der Waals surface area (Å²) in [6.45, 7) is 2.20. The molecule has 0 nitrogen and oxygen atoms in total. The smallest absolute Gasteiger partial charge is 0.166 e. The lowest BCUT2D eigenvalue weighted by molar-refractivity contribution is -0.137. The molecular formula is C14H17F3. The largest absolute Gasteiger partial charge is 0.416 e. The zero-order chi connectivity index (χ0) is 12.5. The van der Waals surface area contributed by atoms with E-state index in [0.29, 0.717) is 11.8 Å². The van der Waals surface area contributed by atoms with Crippen LogP contribution in [0.3, 0.4) is 0 Å². The Labute approximate surface area is 99.8 Å². The zero-order valence-electron chi connectivity index (χ0n) is 9.93. The van der Waals surface area contributed by atoms with Crippen molar-refractivity contribution in [3.05, 3.63) is 35.4 Å². The predicted octanol–water partition coefficient (Wildman–Crippen LogP) is 5.00. The predicted molar refractivity (Wildman–Crippen MR) is 61.8 cm³/mol. The van der Waals surface area contributed by atoms with Gasteiger partial charge in [-0.1, -0.05) is 38.3 Å². The van der Waals surface area contributed by atoms with Crippen molar-refractivity contribution in [2.75, 3.05) is 0 Å². The number of alkyl halides is 3. The highest BCUT2D eigenvalue weighted by Gasteiger charge is 2.30. The van der Waals surface area contributed by atoms with Gasteiger partial charge in [0.1, 0.15) is 0 Å². The van der Waals surface area contributed by atoms with E-state index in [0.717, 1.165) is 12.0 Å². The van der Waals surface area contributed by atoms with Gasteiger partial charge in [0, 0.05) is 0 Å². The van der Waals surface area contributed by atoms with Crippen molar-refractivity contribution >= 4 is 0 Å². The highest BCUT2D eigenvalue weighted by atomic mass is 19.4. The third-order valence-electron chi connectivity index (χ3n) is 3.78. The fraction of sp³-hybridized carbons (Fsp3) is 0.571. The SMILES string of the molecule is C[C@H]1CCCCC1c1ccc(C(F)(F)F)cc1. The van der Waals surface area contributed by atoms with Crippen molar-refractivity contribution in [2.45, 2.75) is 44.7 Å². The molecule has 17 heavy (non-hydrogen) atoms. The van der Waals surface area contributed by atoms with Crippen LogP contribution >= 0.6 is 0 Å². The lowest BCUT2D eigenvalue weighted by Gasteiger charge is -2.29. The summed E-state index contributed by atoms with van der Waals surface area (Å²) in [5.41, 5.74) is 0.509. The quantitative estimate of drug-likeness (QED) is 0.650. The standard InChI is InChI=1S/C14H17F3/c1-10-4-2-3-5-13(10)11-6-8-12(9-7-11)14(15,16)17/h6-10,13H,2-5H2,1H3/t10-,13?/m0/s1. The molecule has 0 aliphatic heterocycles. The topological polar surface area (TPSA) is 0 Å². The van der Waals surface area contributed by atoms with E-state index in [1.54, 1.807) is 12.1 Å². The summed E-state index contributed by atoms with van der Waals surface area (Å²) in [4.78, 5) is 0. The van der Waals surface area contributed by atoms with Crippen molar-refractivity contribution in [3.8, 4) is 0 Å². The van der Waals surface area contributed by atoms with Crippen LogP contribution in [0.25, 0.3) is 0 Å². The minimum Gasteiger partial charge on any atom is -0.166 e. The molecule has 1 aliphatic rings. The summed E-state index contributed by atoms with van der Waals surface area (Å²) in [6, 6.07) is 5.71. The average molecular weight is 242 g/mol. The van der Waals surface area contributed by atoms with Crippen LogP contribution in [0.5, 0.6) is 0 Å². The highest BCUT2D eigenvalue weighted by Crippen LogP contribution is 2.38. The van der Waals surface area contributed by atoms with Gasteiger partial charge in [0.2, 0.25) is 0 Å². The minimum atomic E-state index is -4.23. The maximum Gasteiger partial charge on any atom is 0.416 e. The van der Waals surface area contributed by atoms with Crippen LogP contribution in [0.4, 0.5) is 13.2 Å². The second kappa shape index (κ2) is 4.71. The van der Waals surface area contributed by atoms with E-state index in [4.69, 9.17) is 0 Å². The zero-order valence-corrected chi connectivity index (χ0v) is 9.93. The van der Waals surface area contributed by atoms with Crippen molar-refractivity contribution in [1.29, 1.82) is 0 Å². The monoisotopic (exact) mass is 242 g/mol. The Kier molecular flexibility index (Phi) is 3.45. The van der Waals surface area contributed by atoms with Crippen LogP contribution in [-0.2, 0) is 6.18 Å². The first-order chi connectivity index (χ1) is 7.98. The van der Waals surface area contributed by atoms with Gasteiger partial charge in [-0.3, -0.25) is 0 Å². The second-order valence-corrected chi connectivity index (χ2v) is 4.99. The fourth-order valence-corrected chi connectivity index (χ4v) is 2.73. The summed E-state index contributed by atoms with van der Waals surface area (Å²) in [5.74, 6) is 1.02. The molecule has 0 bridgehead atoms. The van der Waals surface area contributed by atoms with Crippen LogP contribution in [0, 0.1) is 5.92 Å². The van der Waals surface area contributed by atoms with Gasteiger partial charge < -0.3 is 0 Å². The van der Waals surface area contributed by atoms with Crippen LogP contribution in [0.15, 0.2) is 24.3 Å².